The Morgan fingerprint density at radius 2 is 1.66 bits per heavy atom. The zero-order chi connectivity index (χ0) is 20.9. The Morgan fingerprint density at radius 1 is 0.966 bits per heavy atom. The van der Waals surface area contributed by atoms with Gasteiger partial charge in [-0.15, -0.1) is 0 Å². The molecule has 1 aliphatic rings. The minimum absolute atomic E-state index is 0.266. The zero-order valence-electron chi connectivity index (χ0n) is 17.5. The topological polar surface area (TPSA) is 3.24 Å². The molecule has 0 bridgehead atoms. The van der Waals surface area contributed by atoms with Gasteiger partial charge in [0.15, 0.2) is 0 Å². The summed E-state index contributed by atoms with van der Waals surface area (Å²) in [5.74, 6) is -1.55. The first-order valence-electron chi connectivity index (χ1n) is 10.8. The molecule has 2 aromatic rings. The molecule has 3 unspecified atom stereocenters. The fourth-order valence-electron chi connectivity index (χ4n) is 4.75. The van der Waals surface area contributed by atoms with E-state index in [0.29, 0.717) is 18.9 Å². The van der Waals surface area contributed by atoms with Gasteiger partial charge in [0.25, 0.3) is 0 Å². The smallest absolute Gasteiger partial charge is 0.299 e. The lowest BCUT2D eigenvalue weighted by molar-refractivity contribution is -0.176. The number of halogens is 3. The summed E-state index contributed by atoms with van der Waals surface area (Å²) >= 11 is 0. The molecular weight excluding hydrogens is 371 g/mol. The van der Waals surface area contributed by atoms with E-state index in [1.54, 1.807) is 0 Å². The first-order chi connectivity index (χ1) is 13.9. The standard InChI is InChI=1S/C25H32F3N/c1-3-22(29(2)18-20-8-5-4-6-9-20)17-14-19-12-15-21(16-13-19)23-10-7-11-24(23)25(26,27)28/h4-6,8-9,12-13,15-16,22-24H,3,7,10-11,14,17-18H2,1-2H3. The van der Waals surface area contributed by atoms with Gasteiger partial charge in [-0.05, 0) is 61.8 Å². The highest BCUT2D eigenvalue weighted by Crippen LogP contribution is 2.48. The van der Waals surface area contributed by atoms with Crippen LogP contribution in [0.15, 0.2) is 54.6 Å². The molecule has 0 aliphatic heterocycles. The van der Waals surface area contributed by atoms with Crippen molar-refractivity contribution < 1.29 is 13.2 Å². The summed E-state index contributed by atoms with van der Waals surface area (Å²) in [5.41, 5.74) is 3.37. The van der Waals surface area contributed by atoms with Gasteiger partial charge in [0.1, 0.15) is 0 Å². The van der Waals surface area contributed by atoms with Gasteiger partial charge in [0, 0.05) is 12.6 Å². The third kappa shape index (κ3) is 5.85. The summed E-state index contributed by atoms with van der Waals surface area (Å²) < 4.78 is 39.8. The number of hydrogen-bond donors (Lipinski definition) is 0. The van der Waals surface area contributed by atoms with Gasteiger partial charge < -0.3 is 0 Å². The number of benzene rings is 2. The Labute approximate surface area is 172 Å². The van der Waals surface area contributed by atoms with Crippen molar-refractivity contribution in [3.63, 3.8) is 0 Å². The second-order valence-corrected chi connectivity index (χ2v) is 8.43. The van der Waals surface area contributed by atoms with Crippen molar-refractivity contribution in [1.82, 2.24) is 4.90 Å². The first-order valence-corrected chi connectivity index (χ1v) is 10.8. The fraction of sp³-hybridized carbons (Fsp3) is 0.520. The molecule has 0 amide bonds. The van der Waals surface area contributed by atoms with E-state index in [0.717, 1.165) is 31.4 Å². The monoisotopic (exact) mass is 403 g/mol. The van der Waals surface area contributed by atoms with E-state index in [2.05, 4.69) is 43.1 Å². The predicted octanol–water partition coefficient (Wildman–Crippen LogP) is 6.98. The Kier molecular flexibility index (Phi) is 7.39. The minimum atomic E-state index is -4.09. The number of nitrogens with zero attached hydrogens (tertiary/aromatic N) is 1. The maximum absolute atomic E-state index is 13.3. The molecule has 0 N–H and O–H groups in total. The van der Waals surface area contributed by atoms with E-state index in [1.807, 2.05) is 30.3 Å². The Hall–Kier alpha value is -1.81. The average molecular weight is 404 g/mol. The molecule has 0 heterocycles. The van der Waals surface area contributed by atoms with Crippen molar-refractivity contribution in [2.24, 2.45) is 5.92 Å². The highest BCUT2D eigenvalue weighted by atomic mass is 19.4. The lowest BCUT2D eigenvalue weighted by Crippen LogP contribution is -2.31. The SMILES string of the molecule is CCC(CCc1ccc(C2CCCC2C(F)(F)F)cc1)N(C)Cc1ccccc1. The quantitative estimate of drug-likeness (QED) is 0.460. The van der Waals surface area contributed by atoms with E-state index >= 15 is 0 Å². The predicted molar refractivity (Wildman–Crippen MR) is 113 cm³/mol. The van der Waals surface area contributed by atoms with E-state index in [4.69, 9.17) is 0 Å². The van der Waals surface area contributed by atoms with Gasteiger partial charge in [0.2, 0.25) is 0 Å². The van der Waals surface area contributed by atoms with Crippen LogP contribution in [-0.2, 0) is 13.0 Å². The Morgan fingerprint density at radius 3 is 2.28 bits per heavy atom. The van der Waals surface area contributed by atoms with Crippen LogP contribution in [0.4, 0.5) is 13.2 Å². The molecule has 2 aromatic carbocycles. The van der Waals surface area contributed by atoms with Crippen LogP contribution in [0.5, 0.6) is 0 Å². The van der Waals surface area contributed by atoms with Crippen molar-refractivity contribution in [1.29, 1.82) is 0 Å². The molecule has 0 saturated heterocycles. The highest BCUT2D eigenvalue weighted by molar-refractivity contribution is 5.27. The lowest BCUT2D eigenvalue weighted by atomic mass is 9.87. The molecule has 1 aliphatic carbocycles. The van der Waals surface area contributed by atoms with Gasteiger partial charge in [0.05, 0.1) is 5.92 Å². The molecule has 4 heteroatoms. The van der Waals surface area contributed by atoms with Crippen LogP contribution >= 0.6 is 0 Å². The van der Waals surface area contributed by atoms with Crippen LogP contribution in [0.3, 0.4) is 0 Å². The van der Waals surface area contributed by atoms with E-state index in [-0.39, 0.29) is 12.3 Å². The van der Waals surface area contributed by atoms with Crippen molar-refractivity contribution in [2.45, 2.75) is 70.1 Å². The zero-order valence-corrected chi connectivity index (χ0v) is 17.5. The fourth-order valence-corrected chi connectivity index (χ4v) is 4.75. The third-order valence-corrected chi connectivity index (χ3v) is 6.48. The van der Waals surface area contributed by atoms with Crippen LogP contribution in [0.2, 0.25) is 0 Å². The number of aryl methyl sites for hydroxylation is 1. The summed E-state index contributed by atoms with van der Waals surface area (Å²) in [7, 11) is 2.17. The van der Waals surface area contributed by atoms with E-state index in [9.17, 15) is 13.2 Å². The second-order valence-electron chi connectivity index (χ2n) is 8.43. The van der Waals surface area contributed by atoms with Gasteiger partial charge in [-0.25, -0.2) is 0 Å². The molecule has 0 aromatic heterocycles. The molecule has 1 saturated carbocycles. The summed E-state index contributed by atoms with van der Waals surface area (Å²) in [6.07, 6.45) is 0.573. The summed E-state index contributed by atoms with van der Waals surface area (Å²) in [5, 5.41) is 0. The van der Waals surface area contributed by atoms with Crippen LogP contribution in [0.1, 0.15) is 61.6 Å². The van der Waals surface area contributed by atoms with E-state index in [1.165, 1.54) is 11.1 Å². The van der Waals surface area contributed by atoms with Crippen molar-refractivity contribution >= 4 is 0 Å². The van der Waals surface area contributed by atoms with Crippen molar-refractivity contribution in [3.8, 4) is 0 Å². The van der Waals surface area contributed by atoms with Crippen LogP contribution in [-0.4, -0.2) is 24.2 Å². The van der Waals surface area contributed by atoms with E-state index < -0.39 is 12.1 Å². The normalized spacial score (nSPS) is 20.9. The maximum Gasteiger partial charge on any atom is 0.392 e. The molecule has 3 rings (SSSR count). The molecule has 0 radical (unpaired) electrons. The average Bonchev–Trinajstić information content (AvgIpc) is 3.20. The molecule has 29 heavy (non-hydrogen) atoms. The number of hydrogen-bond acceptors (Lipinski definition) is 1. The van der Waals surface area contributed by atoms with Gasteiger partial charge in [-0.1, -0.05) is 67.9 Å². The molecule has 1 nitrogen and oxygen atoms in total. The second kappa shape index (κ2) is 9.80. The Bertz CT molecular complexity index is 739. The Balaban J connectivity index is 1.56. The molecule has 0 spiro atoms. The number of alkyl halides is 3. The van der Waals surface area contributed by atoms with Crippen molar-refractivity contribution in [2.75, 3.05) is 7.05 Å². The number of rotatable bonds is 8. The first kappa shape index (κ1) is 21.9. The summed E-state index contributed by atoms with van der Waals surface area (Å²) in [6.45, 7) is 3.14. The molecule has 3 atom stereocenters. The minimum Gasteiger partial charge on any atom is -0.299 e. The van der Waals surface area contributed by atoms with Crippen molar-refractivity contribution in [3.05, 3.63) is 71.3 Å². The van der Waals surface area contributed by atoms with Gasteiger partial charge >= 0.3 is 6.18 Å². The van der Waals surface area contributed by atoms with Crippen LogP contribution in [0, 0.1) is 5.92 Å². The van der Waals surface area contributed by atoms with Crippen LogP contribution in [0.25, 0.3) is 0 Å². The molecular formula is C25H32F3N. The molecule has 158 valence electrons. The summed E-state index contributed by atoms with van der Waals surface area (Å²) in [4.78, 5) is 2.40. The lowest BCUT2D eigenvalue weighted by Gasteiger charge is -2.27. The largest absolute Gasteiger partial charge is 0.392 e. The van der Waals surface area contributed by atoms with Gasteiger partial charge in [-0.2, -0.15) is 13.2 Å². The highest BCUT2D eigenvalue weighted by Gasteiger charge is 2.47. The van der Waals surface area contributed by atoms with Gasteiger partial charge in [-0.3, -0.25) is 4.90 Å². The van der Waals surface area contributed by atoms with Crippen LogP contribution < -0.4 is 0 Å². The third-order valence-electron chi connectivity index (χ3n) is 6.48. The molecule has 1 fully saturated rings. The summed E-state index contributed by atoms with van der Waals surface area (Å²) in [6, 6.07) is 18.9. The maximum atomic E-state index is 13.3.